The van der Waals surface area contributed by atoms with Crippen molar-refractivity contribution in [2.24, 2.45) is 0 Å². The molecule has 0 amide bonds. The van der Waals surface area contributed by atoms with E-state index in [-0.39, 0.29) is 17.4 Å². The fourth-order valence-electron chi connectivity index (χ4n) is 2.72. The number of piperidine rings is 1. The van der Waals surface area contributed by atoms with Gasteiger partial charge in [0.1, 0.15) is 0 Å². The second-order valence-electron chi connectivity index (χ2n) is 5.40. The van der Waals surface area contributed by atoms with Crippen molar-refractivity contribution in [3.05, 3.63) is 29.8 Å². The molecule has 2 atom stereocenters. The monoisotopic (exact) mass is 308 g/mol. The van der Waals surface area contributed by atoms with Crippen LogP contribution in [0.25, 0.3) is 0 Å². The number of nitriles is 1. The van der Waals surface area contributed by atoms with E-state index in [0.29, 0.717) is 13.0 Å². The Labute approximate surface area is 125 Å². The van der Waals surface area contributed by atoms with E-state index in [0.717, 1.165) is 18.4 Å². The van der Waals surface area contributed by atoms with Crippen LogP contribution in [0.2, 0.25) is 0 Å². The number of hydrogen-bond donors (Lipinski definition) is 1. The van der Waals surface area contributed by atoms with Crippen LogP contribution in [-0.4, -0.2) is 36.5 Å². The second-order valence-corrected chi connectivity index (χ2v) is 7.29. The molecule has 6 heteroatoms. The van der Waals surface area contributed by atoms with Crippen molar-refractivity contribution in [1.29, 1.82) is 5.26 Å². The zero-order chi connectivity index (χ0) is 15.5. The average Bonchev–Trinajstić information content (AvgIpc) is 2.48. The van der Waals surface area contributed by atoms with E-state index >= 15 is 0 Å². The van der Waals surface area contributed by atoms with Crippen LogP contribution in [0.5, 0.6) is 0 Å². The number of benzene rings is 1. The minimum atomic E-state index is -3.60. The van der Waals surface area contributed by atoms with Crippen LogP contribution in [0.1, 0.15) is 31.7 Å². The molecule has 0 bridgehead atoms. The Morgan fingerprint density at radius 2 is 2.05 bits per heavy atom. The van der Waals surface area contributed by atoms with Gasteiger partial charge >= 0.3 is 0 Å². The molecule has 1 fully saturated rings. The molecule has 1 saturated heterocycles. The third-order valence-corrected chi connectivity index (χ3v) is 5.81. The van der Waals surface area contributed by atoms with E-state index in [1.165, 1.54) is 16.4 Å². The zero-order valence-corrected chi connectivity index (χ0v) is 12.9. The summed E-state index contributed by atoms with van der Waals surface area (Å²) in [6, 6.07) is 8.08. The van der Waals surface area contributed by atoms with Crippen molar-refractivity contribution in [3.8, 4) is 6.07 Å². The molecule has 2 rings (SSSR count). The Morgan fingerprint density at radius 3 is 2.62 bits per heavy atom. The van der Waals surface area contributed by atoms with Crippen LogP contribution < -0.4 is 0 Å². The molecule has 1 aliphatic rings. The van der Waals surface area contributed by atoms with Crippen molar-refractivity contribution < 1.29 is 13.5 Å². The molecule has 2 unspecified atom stereocenters. The summed E-state index contributed by atoms with van der Waals surface area (Å²) in [5.74, 6) is 0. The minimum Gasteiger partial charge on any atom is -0.392 e. The lowest BCUT2D eigenvalue weighted by Crippen LogP contribution is -2.48. The summed E-state index contributed by atoms with van der Waals surface area (Å²) in [4.78, 5) is 0.219. The summed E-state index contributed by atoms with van der Waals surface area (Å²) >= 11 is 0. The Bertz CT molecular complexity index is 617. The average molecular weight is 308 g/mol. The van der Waals surface area contributed by atoms with Crippen molar-refractivity contribution >= 4 is 10.0 Å². The van der Waals surface area contributed by atoms with E-state index in [1.54, 1.807) is 19.1 Å². The highest BCUT2D eigenvalue weighted by atomic mass is 32.2. The van der Waals surface area contributed by atoms with Crippen molar-refractivity contribution in [1.82, 2.24) is 4.31 Å². The first kappa shape index (κ1) is 16.0. The van der Waals surface area contributed by atoms with Gasteiger partial charge in [-0.2, -0.15) is 9.57 Å². The fraction of sp³-hybridized carbons (Fsp3) is 0.533. The maximum absolute atomic E-state index is 12.7. The number of aliphatic hydroxyl groups excluding tert-OH is 1. The lowest BCUT2D eigenvalue weighted by molar-refractivity contribution is 0.0831. The predicted octanol–water partition coefficient (Wildman–Crippen LogP) is 1.68. The maximum atomic E-state index is 12.7. The van der Waals surface area contributed by atoms with Gasteiger partial charge < -0.3 is 5.11 Å². The van der Waals surface area contributed by atoms with Gasteiger partial charge in [0.05, 0.1) is 29.5 Å². The molecule has 0 aliphatic carbocycles. The molecule has 1 aliphatic heterocycles. The van der Waals surface area contributed by atoms with Gasteiger partial charge in [0, 0.05) is 6.54 Å². The van der Waals surface area contributed by atoms with E-state index in [2.05, 4.69) is 0 Å². The molecule has 0 aromatic heterocycles. The highest BCUT2D eigenvalue weighted by molar-refractivity contribution is 7.89. The Morgan fingerprint density at radius 1 is 1.38 bits per heavy atom. The lowest BCUT2D eigenvalue weighted by atomic mass is 10.0. The van der Waals surface area contributed by atoms with Gasteiger partial charge in [-0.3, -0.25) is 0 Å². The summed E-state index contributed by atoms with van der Waals surface area (Å²) < 4.78 is 26.9. The van der Waals surface area contributed by atoms with Gasteiger partial charge in [-0.25, -0.2) is 8.42 Å². The first-order valence-corrected chi connectivity index (χ1v) is 8.56. The van der Waals surface area contributed by atoms with Crippen LogP contribution in [-0.2, 0) is 16.4 Å². The summed E-state index contributed by atoms with van der Waals surface area (Å²) in [5.41, 5.74) is 0.794. The molecule has 1 aromatic rings. The summed E-state index contributed by atoms with van der Waals surface area (Å²) in [5, 5.41) is 18.5. The number of sulfonamides is 1. The Hall–Kier alpha value is -1.42. The third kappa shape index (κ3) is 3.43. The molecule has 0 spiro atoms. The van der Waals surface area contributed by atoms with Gasteiger partial charge in [0.2, 0.25) is 10.0 Å². The molecule has 21 heavy (non-hydrogen) atoms. The van der Waals surface area contributed by atoms with Gasteiger partial charge in [-0.05, 0) is 37.5 Å². The summed E-state index contributed by atoms with van der Waals surface area (Å²) in [6.45, 7) is 2.08. The highest BCUT2D eigenvalue weighted by Gasteiger charge is 2.35. The summed E-state index contributed by atoms with van der Waals surface area (Å²) in [7, 11) is -3.60. The van der Waals surface area contributed by atoms with E-state index in [1.807, 2.05) is 6.07 Å². The maximum Gasteiger partial charge on any atom is 0.243 e. The van der Waals surface area contributed by atoms with Crippen LogP contribution >= 0.6 is 0 Å². The van der Waals surface area contributed by atoms with Crippen molar-refractivity contribution in [2.75, 3.05) is 6.54 Å². The van der Waals surface area contributed by atoms with Crippen LogP contribution in [0.15, 0.2) is 29.2 Å². The predicted molar refractivity (Wildman–Crippen MR) is 79.0 cm³/mol. The third-order valence-electron chi connectivity index (χ3n) is 3.87. The molecule has 5 nitrogen and oxygen atoms in total. The molecule has 0 radical (unpaired) electrons. The smallest absolute Gasteiger partial charge is 0.243 e. The molecular weight excluding hydrogens is 288 g/mol. The Balaban J connectivity index is 2.29. The lowest BCUT2D eigenvalue weighted by Gasteiger charge is -2.36. The largest absolute Gasteiger partial charge is 0.392 e. The Kier molecular flexibility index (Phi) is 4.99. The minimum absolute atomic E-state index is 0.219. The normalized spacial score (nSPS) is 21.7. The second kappa shape index (κ2) is 6.56. The van der Waals surface area contributed by atoms with Gasteiger partial charge in [0.15, 0.2) is 0 Å². The van der Waals surface area contributed by atoms with Crippen molar-refractivity contribution in [3.63, 3.8) is 0 Å². The first-order valence-electron chi connectivity index (χ1n) is 7.12. The van der Waals surface area contributed by atoms with Crippen LogP contribution in [0, 0.1) is 11.3 Å². The SMILES string of the molecule is CC(O)C1CCCCN1S(=O)(=O)c1ccc(CC#N)cc1. The van der Waals surface area contributed by atoms with E-state index in [9.17, 15) is 13.5 Å². The summed E-state index contributed by atoms with van der Waals surface area (Å²) in [6.07, 6.45) is 2.01. The van der Waals surface area contributed by atoms with Crippen LogP contribution in [0.4, 0.5) is 0 Å². The number of nitrogens with zero attached hydrogens (tertiary/aromatic N) is 2. The van der Waals surface area contributed by atoms with Gasteiger partial charge in [0.25, 0.3) is 0 Å². The molecule has 1 heterocycles. The van der Waals surface area contributed by atoms with E-state index in [4.69, 9.17) is 5.26 Å². The first-order chi connectivity index (χ1) is 9.96. The van der Waals surface area contributed by atoms with Gasteiger partial charge in [-0.1, -0.05) is 18.6 Å². The molecule has 1 aromatic carbocycles. The molecular formula is C15H20N2O3S. The van der Waals surface area contributed by atoms with E-state index < -0.39 is 16.1 Å². The van der Waals surface area contributed by atoms with Crippen LogP contribution in [0.3, 0.4) is 0 Å². The highest BCUT2D eigenvalue weighted by Crippen LogP contribution is 2.27. The molecule has 1 N–H and O–H groups in total. The standard InChI is InChI=1S/C15H20N2O3S/c1-12(18)15-4-2-3-11-17(15)21(19,20)14-7-5-13(6-8-14)9-10-16/h5-8,12,15,18H,2-4,9,11H2,1H3. The zero-order valence-electron chi connectivity index (χ0n) is 12.1. The number of rotatable bonds is 4. The quantitative estimate of drug-likeness (QED) is 0.917. The molecule has 0 saturated carbocycles. The topological polar surface area (TPSA) is 81.4 Å². The number of aliphatic hydroxyl groups is 1. The fourth-order valence-corrected chi connectivity index (χ4v) is 4.48. The van der Waals surface area contributed by atoms with Gasteiger partial charge in [-0.15, -0.1) is 0 Å². The van der Waals surface area contributed by atoms with Crippen molar-refractivity contribution in [2.45, 2.75) is 49.6 Å². The number of hydrogen-bond acceptors (Lipinski definition) is 4. The molecule has 114 valence electrons.